The topological polar surface area (TPSA) is 61.4 Å². The summed E-state index contributed by atoms with van der Waals surface area (Å²) in [5.41, 5.74) is 3.27. The molecule has 0 spiro atoms. The van der Waals surface area contributed by atoms with Gasteiger partial charge in [0, 0.05) is 5.56 Å². The number of hydrogen-bond donors (Lipinski definition) is 3. The van der Waals surface area contributed by atoms with E-state index in [0.29, 0.717) is 0 Å². The first-order valence-corrected chi connectivity index (χ1v) is 6.38. The molecule has 1 amide bonds. The second-order valence-electron chi connectivity index (χ2n) is 4.29. The molecule has 0 heterocycles. The van der Waals surface area contributed by atoms with Gasteiger partial charge in [-0.25, -0.2) is 0 Å². The van der Waals surface area contributed by atoms with Crippen LogP contribution in [0.5, 0.6) is 5.75 Å². The fraction of sp³-hybridized carbons (Fsp3) is 0.0714. The predicted molar refractivity (Wildman–Crippen MR) is 75.6 cm³/mol. The van der Waals surface area contributed by atoms with Crippen LogP contribution in [0.4, 0.5) is 18.9 Å². The molecule has 0 aliphatic heterocycles. The molecule has 2 aromatic carbocycles. The lowest BCUT2D eigenvalue weighted by Crippen LogP contribution is -2.30. The number of amides is 1. The molecule has 0 saturated carbocycles. The SMILES string of the molecule is O=C(NNc1ccccc1C(F)(F)F)c1ccc(O)c(Cl)c1. The third kappa shape index (κ3) is 3.62. The van der Waals surface area contributed by atoms with Gasteiger partial charge in [-0.1, -0.05) is 23.7 Å². The number of anilines is 1. The molecular formula is C14H10ClF3N2O2. The Morgan fingerprint density at radius 3 is 2.45 bits per heavy atom. The van der Waals surface area contributed by atoms with Crippen LogP contribution in [0.1, 0.15) is 15.9 Å². The lowest BCUT2D eigenvalue weighted by atomic mass is 10.2. The van der Waals surface area contributed by atoms with Crippen molar-refractivity contribution < 1.29 is 23.1 Å². The molecule has 0 unspecified atom stereocenters. The Kier molecular flexibility index (Phi) is 4.46. The van der Waals surface area contributed by atoms with Gasteiger partial charge in [-0.05, 0) is 30.3 Å². The number of hydrogen-bond acceptors (Lipinski definition) is 3. The first-order valence-electron chi connectivity index (χ1n) is 6.00. The number of hydrazine groups is 1. The third-order valence-electron chi connectivity index (χ3n) is 2.75. The van der Waals surface area contributed by atoms with Crippen LogP contribution in [0.3, 0.4) is 0 Å². The normalized spacial score (nSPS) is 11.1. The maximum atomic E-state index is 12.8. The summed E-state index contributed by atoms with van der Waals surface area (Å²) in [6.07, 6.45) is -4.55. The Morgan fingerprint density at radius 2 is 1.82 bits per heavy atom. The van der Waals surface area contributed by atoms with Crippen molar-refractivity contribution in [3.05, 3.63) is 58.6 Å². The number of alkyl halides is 3. The molecule has 0 radical (unpaired) electrons. The Morgan fingerprint density at radius 1 is 1.14 bits per heavy atom. The van der Waals surface area contributed by atoms with Crippen LogP contribution in [0.15, 0.2) is 42.5 Å². The number of benzene rings is 2. The van der Waals surface area contributed by atoms with Crippen LogP contribution in [0, 0.1) is 0 Å². The van der Waals surface area contributed by atoms with Gasteiger partial charge in [0.2, 0.25) is 0 Å². The number of nitrogens with one attached hydrogen (secondary N) is 2. The summed E-state index contributed by atoms with van der Waals surface area (Å²) in [5.74, 6) is -0.896. The smallest absolute Gasteiger partial charge is 0.418 e. The van der Waals surface area contributed by atoms with E-state index in [2.05, 4.69) is 10.9 Å². The molecule has 0 bridgehead atoms. The standard InChI is InChI=1S/C14H10ClF3N2O2/c15-10-7-8(5-6-12(10)21)13(22)20-19-11-4-2-1-3-9(11)14(16,17)18/h1-7,19,21H,(H,20,22). The van der Waals surface area contributed by atoms with E-state index in [1.165, 1.54) is 36.4 Å². The number of rotatable bonds is 3. The number of carbonyl (C=O) groups is 1. The maximum Gasteiger partial charge on any atom is 0.418 e. The Balaban J connectivity index is 2.13. The highest BCUT2D eigenvalue weighted by Crippen LogP contribution is 2.34. The maximum absolute atomic E-state index is 12.8. The van der Waals surface area contributed by atoms with Crippen LogP contribution in [0.25, 0.3) is 0 Å². The zero-order valence-electron chi connectivity index (χ0n) is 10.9. The van der Waals surface area contributed by atoms with Crippen LogP contribution in [-0.2, 0) is 6.18 Å². The molecule has 0 aliphatic carbocycles. The number of halogens is 4. The summed E-state index contributed by atoms with van der Waals surface area (Å²) in [6, 6.07) is 8.42. The van der Waals surface area contributed by atoms with Crippen molar-refractivity contribution in [2.45, 2.75) is 6.18 Å². The monoisotopic (exact) mass is 330 g/mol. The highest BCUT2D eigenvalue weighted by molar-refractivity contribution is 6.32. The van der Waals surface area contributed by atoms with Gasteiger partial charge in [0.05, 0.1) is 16.3 Å². The number of phenolic OH excluding ortho intramolecular Hbond substituents is 1. The van der Waals surface area contributed by atoms with Crippen LogP contribution in [0.2, 0.25) is 5.02 Å². The quantitative estimate of drug-likeness (QED) is 0.750. The fourth-order valence-corrected chi connectivity index (χ4v) is 1.86. The number of phenols is 1. The van der Waals surface area contributed by atoms with E-state index < -0.39 is 17.6 Å². The fourth-order valence-electron chi connectivity index (χ4n) is 1.68. The summed E-state index contributed by atoms with van der Waals surface area (Å²) >= 11 is 5.66. The van der Waals surface area contributed by atoms with Gasteiger partial charge in [0.15, 0.2) is 0 Å². The first kappa shape index (κ1) is 16.0. The van der Waals surface area contributed by atoms with E-state index in [9.17, 15) is 23.1 Å². The van der Waals surface area contributed by atoms with Gasteiger partial charge >= 0.3 is 6.18 Å². The van der Waals surface area contributed by atoms with Gasteiger partial charge < -0.3 is 5.11 Å². The molecule has 116 valence electrons. The second-order valence-corrected chi connectivity index (χ2v) is 4.70. The van der Waals surface area contributed by atoms with Crippen LogP contribution < -0.4 is 10.9 Å². The largest absolute Gasteiger partial charge is 0.506 e. The minimum atomic E-state index is -4.55. The van der Waals surface area contributed by atoms with Crippen molar-refractivity contribution in [1.29, 1.82) is 0 Å². The summed E-state index contributed by atoms with van der Waals surface area (Å²) in [4.78, 5) is 11.8. The Labute approximate surface area is 128 Å². The number of para-hydroxylation sites is 1. The van der Waals surface area contributed by atoms with Gasteiger partial charge in [0.1, 0.15) is 5.75 Å². The van der Waals surface area contributed by atoms with Crippen molar-refractivity contribution in [2.24, 2.45) is 0 Å². The number of aromatic hydroxyl groups is 1. The van der Waals surface area contributed by atoms with Crippen molar-refractivity contribution in [1.82, 2.24) is 5.43 Å². The van der Waals surface area contributed by atoms with Gasteiger partial charge in [-0.3, -0.25) is 15.6 Å². The zero-order valence-corrected chi connectivity index (χ0v) is 11.7. The lowest BCUT2D eigenvalue weighted by molar-refractivity contribution is -0.137. The van der Waals surface area contributed by atoms with Gasteiger partial charge in [0.25, 0.3) is 5.91 Å². The van der Waals surface area contributed by atoms with Gasteiger partial charge in [-0.15, -0.1) is 0 Å². The summed E-state index contributed by atoms with van der Waals surface area (Å²) in [5, 5.41) is 9.22. The average molecular weight is 331 g/mol. The van der Waals surface area contributed by atoms with Crippen molar-refractivity contribution in [2.75, 3.05) is 5.43 Å². The molecule has 2 rings (SSSR count). The van der Waals surface area contributed by atoms with E-state index in [1.54, 1.807) is 0 Å². The van der Waals surface area contributed by atoms with E-state index >= 15 is 0 Å². The highest BCUT2D eigenvalue weighted by Gasteiger charge is 2.33. The minimum absolute atomic E-state index is 0.0386. The molecule has 0 aliphatic rings. The molecule has 8 heteroatoms. The number of carbonyl (C=O) groups excluding carboxylic acids is 1. The summed E-state index contributed by atoms with van der Waals surface area (Å²) < 4.78 is 38.4. The van der Waals surface area contributed by atoms with Crippen molar-refractivity contribution in [3.63, 3.8) is 0 Å². The molecule has 4 nitrogen and oxygen atoms in total. The Hall–Kier alpha value is -2.41. The molecule has 2 aromatic rings. The zero-order chi connectivity index (χ0) is 16.3. The summed E-state index contributed by atoms with van der Waals surface area (Å²) in [7, 11) is 0. The molecule has 0 saturated heterocycles. The summed E-state index contributed by atoms with van der Waals surface area (Å²) in [6.45, 7) is 0. The predicted octanol–water partition coefficient (Wildman–Crippen LogP) is 3.82. The van der Waals surface area contributed by atoms with Crippen LogP contribution >= 0.6 is 11.6 Å². The molecule has 0 aromatic heterocycles. The first-order chi connectivity index (χ1) is 10.3. The molecule has 0 fully saturated rings. The molecule has 22 heavy (non-hydrogen) atoms. The van der Waals surface area contributed by atoms with Crippen LogP contribution in [-0.4, -0.2) is 11.0 Å². The van der Waals surface area contributed by atoms with E-state index in [1.807, 2.05) is 0 Å². The average Bonchev–Trinajstić information content (AvgIpc) is 2.47. The van der Waals surface area contributed by atoms with E-state index in [-0.39, 0.29) is 22.0 Å². The van der Waals surface area contributed by atoms with Crippen molar-refractivity contribution >= 4 is 23.2 Å². The van der Waals surface area contributed by atoms with E-state index in [4.69, 9.17) is 11.6 Å². The third-order valence-corrected chi connectivity index (χ3v) is 3.06. The molecule has 0 atom stereocenters. The molecular weight excluding hydrogens is 321 g/mol. The Bertz CT molecular complexity index is 705. The molecule has 3 N–H and O–H groups in total. The minimum Gasteiger partial charge on any atom is -0.506 e. The second kappa shape index (κ2) is 6.15. The van der Waals surface area contributed by atoms with Crippen molar-refractivity contribution in [3.8, 4) is 5.75 Å². The van der Waals surface area contributed by atoms with E-state index in [0.717, 1.165) is 6.07 Å². The highest BCUT2D eigenvalue weighted by atomic mass is 35.5. The lowest BCUT2D eigenvalue weighted by Gasteiger charge is -2.15. The van der Waals surface area contributed by atoms with Gasteiger partial charge in [-0.2, -0.15) is 13.2 Å².